The second-order valence-electron chi connectivity index (χ2n) is 9.75. The monoisotopic (exact) mass is 540 g/mol. The van der Waals surface area contributed by atoms with E-state index in [4.69, 9.17) is 4.79 Å². The Kier molecular flexibility index (Phi) is 9.36. The van der Waals surface area contributed by atoms with Crippen LogP contribution < -0.4 is 0 Å². The van der Waals surface area contributed by atoms with Crippen LogP contribution in [0, 0.1) is 19.8 Å². The number of nitrogens with zero attached hydrogens (tertiary/aromatic N) is 4. The molecule has 188 valence electrons. The lowest BCUT2D eigenvalue weighted by molar-refractivity contribution is -0.0980. The van der Waals surface area contributed by atoms with Crippen LogP contribution in [0.25, 0.3) is 0 Å². The molecule has 1 aromatic carbocycles. The highest BCUT2D eigenvalue weighted by molar-refractivity contribution is 9.10. The van der Waals surface area contributed by atoms with Crippen LogP contribution in [-0.4, -0.2) is 72.0 Å². The van der Waals surface area contributed by atoms with E-state index in [0.29, 0.717) is 5.92 Å². The summed E-state index contributed by atoms with van der Waals surface area (Å²) < 4.78 is 1.10. The Hall–Kier alpha value is -2.38. The number of halogens is 1. The number of amides is 1. The van der Waals surface area contributed by atoms with Gasteiger partial charge >= 0.3 is 0 Å². The van der Waals surface area contributed by atoms with Crippen LogP contribution in [-0.2, 0) is 4.79 Å². The number of aryl methyl sites for hydroxylation is 2. The van der Waals surface area contributed by atoms with E-state index in [1.54, 1.807) is 6.20 Å². The van der Waals surface area contributed by atoms with Gasteiger partial charge in [-0.1, -0.05) is 28.1 Å². The molecule has 2 fully saturated rings. The van der Waals surface area contributed by atoms with Crippen molar-refractivity contribution in [2.24, 2.45) is 10.9 Å². The Balaban J connectivity index is 0.00000167. The topological polar surface area (TPSA) is 65.9 Å². The Morgan fingerprint density at radius 2 is 1.66 bits per heavy atom. The normalized spacial score (nSPS) is 19.1. The van der Waals surface area contributed by atoms with Crippen LogP contribution in [0.1, 0.15) is 59.8 Å². The van der Waals surface area contributed by atoms with Crippen LogP contribution in [0.15, 0.2) is 46.0 Å². The van der Waals surface area contributed by atoms with Gasteiger partial charge < -0.3 is 9.69 Å². The molecule has 2 aromatic rings. The third-order valence-electron chi connectivity index (χ3n) is 7.72. The quantitative estimate of drug-likeness (QED) is 0.506. The molecule has 0 atom stereocenters. The van der Waals surface area contributed by atoms with Crippen LogP contribution in [0.5, 0.6) is 0 Å². The smallest absolute Gasteiger partial charge is 0.255 e. The largest absolute Gasteiger partial charge is 0.338 e. The Bertz CT molecular complexity index is 1020. The minimum atomic E-state index is 0.136. The molecule has 6 nitrogen and oxygen atoms in total. The number of rotatable bonds is 4. The van der Waals surface area contributed by atoms with Crippen molar-refractivity contribution in [1.29, 1.82) is 0 Å². The molecule has 0 radical (unpaired) electrons. The van der Waals surface area contributed by atoms with Crippen molar-refractivity contribution >= 4 is 34.3 Å². The third kappa shape index (κ3) is 6.07. The zero-order valence-corrected chi connectivity index (χ0v) is 23.0. The van der Waals surface area contributed by atoms with E-state index in [-0.39, 0.29) is 11.4 Å². The molecule has 0 spiro atoms. The highest BCUT2D eigenvalue weighted by atomic mass is 79.9. The van der Waals surface area contributed by atoms with Gasteiger partial charge in [0.05, 0.1) is 11.3 Å². The van der Waals surface area contributed by atoms with Gasteiger partial charge in [0.15, 0.2) is 0 Å². The molecule has 0 unspecified atom stereocenters. The molecule has 0 bridgehead atoms. The molecule has 2 aliphatic rings. The predicted octanol–water partition coefficient (Wildman–Crippen LogP) is 5.10. The van der Waals surface area contributed by atoms with E-state index in [1.807, 2.05) is 38.7 Å². The van der Waals surface area contributed by atoms with Crippen molar-refractivity contribution in [3.8, 4) is 0 Å². The highest BCUT2D eigenvalue weighted by Crippen LogP contribution is 2.34. The van der Waals surface area contributed by atoms with E-state index in [2.05, 4.69) is 62.0 Å². The number of carbonyl (C=O) groups is 2. The maximum atomic E-state index is 13.2. The standard InChI is InChI=1S/C27H35BrN4O.CH2O/c1-19-9-14-30-20(2)24(19)26(33)31-17-12-27(3,13-18-31)32-15-10-22(11-16-32)25(29-4)21-5-7-23(28)8-6-21;1-2/h5-9,14,22H,10-13,15-18H2,1-4H3;1H2. The number of aromatic nitrogens is 1. The number of likely N-dealkylation sites (tertiary alicyclic amines) is 2. The van der Waals surface area contributed by atoms with E-state index in [9.17, 15) is 4.79 Å². The molecular formula is C28H37BrN4O2. The number of piperidine rings is 2. The summed E-state index contributed by atoms with van der Waals surface area (Å²) in [5.41, 5.74) is 5.24. The number of carbonyl (C=O) groups excluding carboxylic acids is 2. The van der Waals surface area contributed by atoms with Crippen LogP contribution in [0.2, 0.25) is 0 Å². The van der Waals surface area contributed by atoms with Gasteiger partial charge in [-0.2, -0.15) is 0 Å². The van der Waals surface area contributed by atoms with Crippen LogP contribution >= 0.6 is 15.9 Å². The summed E-state index contributed by atoms with van der Waals surface area (Å²) in [7, 11) is 1.92. The molecule has 2 saturated heterocycles. The average Bonchev–Trinajstić information content (AvgIpc) is 2.87. The fourth-order valence-electron chi connectivity index (χ4n) is 5.54. The van der Waals surface area contributed by atoms with Crippen LogP contribution in [0.3, 0.4) is 0 Å². The summed E-state index contributed by atoms with van der Waals surface area (Å²) in [4.78, 5) is 34.9. The van der Waals surface area contributed by atoms with Gasteiger partial charge in [0.2, 0.25) is 0 Å². The fourth-order valence-corrected chi connectivity index (χ4v) is 5.81. The number of hydrogen-bond acceptors (Lipinski definition) is 5. The summed E-state index contributed by atoms with van der Waals surface area (Å²) in [6, 6.07) is 10.5. The number of hydrogen-bond donors (Lipinski definition) is 0. The molecule has 0 aliphatic carbocycles. The predicted molar refractivity (Wildman–Crippen MR) is 145 cm³/mol. The van der Waals surface area contributed by atoms with Gasteiger partial charge in [-0.25, -0.2) is 0 Å². The van der Waals surface area contributed by atoms with Crippen molar-refractivity contribution in [3.05, 3.63) is 63.4 Å². The molecule has 4 rings (SSSR count). The zero-order valence-electron chi connectivity index (χ0n) is 21.4. The van der Waals surface area contributed by atoms with Gasteiger partial charge in [0, 0.05) is 48.0 Å². The minimum absolute atomic E-state index is 0.136. The van der Waals surface area contributed by atoms with Gasteiger partial charge in [-0.05, 0) is 88.9 Å². The van der Waals surface area contributed by atoms with Crippen molar-refractivity contribution in [2.75, 3.05) is 33.2 Å². The second kappa shape index (κ2) is 12.0. The maximum Gasteiger partial charge on any atom is 0.255 e. The molecule has 35 heavy (non-hydrogen) atoms. The molecule has 2 aliphatic heterocycles. The second-order valence-corrected chi connectivity index (χ2v) is 10.7. The SMILES string of the molecule is C=O.CN=C(c1ccc(Br)cc1)C1CCN(C2(C)CCN(C(=O)c3c(C)ccnc3C)CC2)CC1. The number of aliphatic imine (C=N–C) groups is 1. The molecule has 0 N–H and O–H groups in total. The first kappa shape index (κ1) is 27.2. The average molecular weight is 542 g/mol. The van der Waals surface area contributed by atoms with Crippen molar-refractivity contribution in [2.45, 2.75) is 52.0 Å². The van der Waals surface area contributed by atoms with Gasteiger partial charge in [-0.15, -0.1) is 0 Å². The summed E-state index contributed by atoms with van der Waals surface area (Å²) in [6.07, 6.45) is 6.08. The number of pyridine rings is 1. The summed E-state index contributed by atoms with van der Waals surface area (Å²) >= 11 is 3.53. The van der Waals surface area contributed by atoms with E-state index < -0.39 is 0 Å². The van der Waals surface area contributed by atoms with Gasteiger partial charge in [-0.3, -0.25) is 19.7 Å². The highest BCUT2D eigenvalue weighted by Gasteiger charge is 2.39. The lowest BCUT2D eigenvalue weighted by Gasteiger charge is -2.49. The third-order valence-corrected chi connectivity index (χ3v) is 8.25. The van der Waals surface area contributed by atoms with Crippen molar-refractivity contribution < 1.29 is 9.59 Å². The lowest BCUT2D eigenvalue weighted by Crippen LogP contribution is -2.56. The molecule has 1 amide bonds. The van der Waals surface area contributed by atoms with E-state index in [0.717, 1.165) is 73.2 Å². The zero-order chi connectivity index (χ0) is 25.6. The first-order valence-electron chi connectivity index (χ1n) is 12.3. The van der Waals surface area contributed by atoms with Crippen LogP contribution in [0.4, 0.5) is 0 Å². The van der Waals surface area contributed by atoms with E-state index >= 15 is 0 Å². The molecular weight excluding hydrogens is 504 g/mol. The summed E-state index contributed by atoms with van der Waals surface area (Å²) in [5.74, 6) is 0.645. The summed E-state index contributed by atoms with van der Waals surface area (Å²) in [5, 5.41) is 0. The van der Waals surface area contributed by atoms with Gasteiger partial charge in [0.25, 0.3) is 5.91 Å². The Morgan fingerprint density at radius 1 is 1.06 bits per heavy atom. The van der Waals surface area contributed by atoms with Gasteiger partial charge in [0.1, 0.15) is 6.79 Å². The van der Waals surface area contributed by atoms with Crippen molar-refractivity contribution in [1.82, 2.24) is 14.8 Å². The molecule has 3 heterocycles. The molecule has 1 aromatic heterocycles. The molecule has 0 saturated carbocycles. The minimum Gasteiger partial charge on any atom is -0.338 e. The maximum absolute atomic E-state index is 13.2. The fraction of sp³-hybridized carbons (Fsp3) is 0.500. The molecule has 7 heteroatoms. The first-order chi connectivity index (χ1) is 16.8. The lowest BCUT2D eigenvalue weighted by atomic mass is 9.82. The Morgan fingerprint density at radius 3 is 2.20 bits per heavy atom. The first-order valence-corrected chi connectivity index (χ1v) is 13.1. The van der Waals surface area contributed by atoms with Crippen molar-refractivity contribution in [3.63, 3.8) is 0 Å². The number of benzene rings is 1. The summed E-state index contributed by atoms with van der Waals surface area (Å²) in [6.45, 7) is 12.1. The Labute approximate surface area is 218 Å². The van der Waals surface area contributed by atoms with E-state index in [1.165, 1.54) is 11.3 Å².